The zero-order valence-corrected chi connectivity index (χ0v) is 20.1. The van der Waals surface area contributed by atoms with Crippen LogP contribution in [0.1, 0.15) is 5.56 Å². The lowest BCUT2D eigenvalue weighted by Gasteiger charge is -2.24. The van der Waals surface area contributed by atoms with Gasteiger partial charge in [0.1, 0.15) is 0 Å². The molecule has 0 unspecified atom stereocenters. The zero-order chi connectivity index (χ0) is 23.8. The van der Waals surface area contributed by atoms with Crippen molar-refractivity contribution in [3.8, 4) is 22.3 Å². The first kappa shape index (κ1) is 21.2. The largest absolute Gasteiger partial charge is 0.344 e. The van der Waals surface area contributed by atoms with E-state index < -0.39 is 0 Å². The molecular weight excluding hydrogens is 422 g/mol. The standard InChI is InChI=1S/C34H27N/c1-24-30-14-8-6-10-25(30)18-22-31(24)27-16-20-29(21-17-27)35(2)33-23-19-26-11-7-9-15-32(26)34(33)28-12-4-3-5-13-28/h3-23H,1-2H3. The van der Waals surface area contributed by atoms with Gasteiger partial charge in [-0.3, -0.25) is 0 Å². The van der Waals surface area contributed by atoms with E-state index in [1.807, 2.05) is 0 Å². The van der Waals surface area contributed by atoms with Gasteiger partial charge >= 0.3 is 0 Å². The summed E-state index contributed by atoms with van der Waals surface area (Å²) in [6, 6.07) is 45.8. The Morgan fingerprint density at radius 1 is 0.486 bits per heavy atom. The summed E-state index contributed by atoms with van der Waals surface area (Å²) < 4.78 is 0. The third-order valence-corrected chi connectivity index (χ3v) is 7.09. The average molecular weight is 450 g/mol. The highest BCUT2D eigenvalue weighted by atomic mass is 15.1. The molecule has 0 aliphatic rings. The molecule has 35 heavy (non-hydrogen) atoms. The Bertz CT molecular complexity index is 1650. The normalized spacial score (nSPS) is 11.1. The van der Waals surface area contributed by atoms with E-state index >= 15 is 0 Å². The second-order valence-electron chi connectivity index (χ2n) is 9.11. The second-order valence-corrected chi connectivity index (χ2v) is 9.11. The van der Waals surface area contributed by atoms with Gasteiger partial charge in [-0.2, -0.15) is 0 Å². The highest BCUT2D eigenvalue weighted by Crippen LogP contribution is 2.40. The van der Waals surface area contributed by atoms with Crippen LogP contribution in [0.3, 0.4) is 0 Å². The van der Waals surface area contributed by atoms with Crippen LogP contribution in [-0.4, -0.2) is 7.05 Å². The molecule has 0 N–H and O–H groups in total. The molecule has 6 rings (SSSR count). The number of hydrogen-bond acceptors (Lipinski definition) is 1. The van der Waals surface area contributed by atoms with Gasteiger partial charge in [-0.1, -0.05) is 109 Å². The van der Waals surface area contributed by atoms with Crippen molar-refractivity contribution in [1.82, 2.24) is 0 Å². The maximum atomic E-state index is 2.30. The Morgan fingerprint density at radius 2 is 1.09 bits per heavy atom. The van der Waals surface area contributed by atoms with Gasteiger partial charge in [-0.05, 0) is 68.9 Å². The predicted octanol–water partition coefficient (Wildman–Crippen LogP) is 9.40. The lowest BCUT2D eigenvalue weighted by Crippen LogP contribution is -2.10. The Balaban J connectivity index is 1.42. The summed E-state index contributed by atoms with van der Waals surface area (Å²) in [5, 5.41) is 5.13. The molecule has 0 fully saturated rings. The maximum absolute atomic E-state index is 2.30. The SMILES string of the molecule is Cc1c(-c2ccc(N(C)c3ccc4ccccc4c3-c3ccccc3)cc2)ccc2ccccc12. The van der Waals surface area contributed by atoms with E-state index in [4.69, 9.17) is 0 Å². The molecule has 1 heteroatoms. The second kappa shape index (κ2) is 8.77. The molecular formula is C34H27N. The van der Waals surface area contributed by atoms with Crippen LogP contribution in [0, 0.1) is 6.92 Å². The van der Waals surface area contributed by atoms with Crippen molar-refractivity contribution < 1.29 is 0 Å². The lowest BCUT2D eigenvalue weighted by atomic mass is 9.94. The van der Waals surface area contributed by atoms with E-state index in [0.717, 1.165) is 0 Å². The molecule has 0 saturated heterocycles. The van der Waals surface area contributed by atoms with Crippen molar-refractivity contribution in [3.05, 3.63) is 133 Å². The van der Waals surface area contributed by atoms with Gasteiger partial charge in [0.15, 0.2) is 0 Å². The summed E-state index contributed by atoms with van der Waals surface area (Å²) in [6.07, 6.45) is 0. The van der Waals surface area contributed by atoms with Crippen molar-refractivity contribution >= 4 is 32.9 Å². The third kappa shape index (κ3) is 3.76. The Labute approximate surface area is 206 Å². The molecule has 0 radical (unpaired) electrons. The number of fused-ring (bicyclic) bond motifs is 2. The average Bonchev–Trinajstić information content (AvgIpc) is 2.93. The summed E-state index contributed by atoms with van der Waals surface area (Å²) in [4.78, 5) is 2.30. The van der Waals surface area contributed by atoms with E-state index in [1.165, 1.54) is 60.7 Å². The van der Waals surface area contributed by atoms with Gasteiger partial charge in [0, 0.05) is 24.0 Å². The van der Waals surface area contributed by atoms with Crippen molar-refractivity contribution in [2.45, 2.75) is 6.92 Å². The topological polar surface area (TPSA) is 3.24 Å². The number of rotatable bonds is 4. The van der Waals surface area contributed by atoms with Gasteiger partial charge in [0.05, 0.1) is 0 Å². The smallest absolute Gasteiger partial charge is 0.0494 e. The molecule has 0 atom stereocenters. The monoisotopic (exact) mass is 449 g/mol. The van der Waals surface area contributed by atoms with Crippen molar-refractivity contribution in [2.75, 3.05) is 11.9 Å². The molecule has 168 valence electrons. The van der Waals surface area contributed by atoms with Crippen molar-refractivity contribution in [2.24, 2.45) is 0 Å². The summed E-state index contributed by atoms with van der Waals surface area (Å²) in [5.74, 6) is 0. The van der Waals surface area contributed by atoms with Crippen LogP contribution < -0.4 is 4.90 Å². The van der Waals surface area contributed by atoms with Crippen LogP contribution in [0.2, 0.25) is 0 Å². The van der Waals surface area contributed by atoms with Crippen LogP contribution in [0.5, 0.6) is 0 Å². The van der Waals surface area contributed by atoms with Crippen LogP contribution in [0.25, 0.3) is 43.8 Å². The Morgan fingerprint density at radius 3 is 1.83 bits per heavy atom. The van der Waals surface area contributed by atoms with E-state index in [0.29, 0.717) is 0 Å². The summed E-state index contributed by atoms with van der Waals surface area (Å²) in [6.45, 7) is 2.22. The molecule has 6 aromatic rings. The molecule has 0 heterocycles. The van der Waals surface area contributed by atoms with Gasteiger partial charge in [-0.15, -0.1) is 0 Å². The number of nitrogens with zero attached hydrogens (tertiary/aromatic N) is 1. The molecule has 0 bridgehead atoms. The minimum absolute atomic E-state index is 1.17. The summed E-state index contributed by atoms with van der Waals surface area (Å²) in [7, 11) is 2.16. The molecule has 0 saturated carbocycles. The molecule has 0 aliphatic carbocycles. The minimum atomic E-state index is 1.17. The third-order valence-electron chi connectivity index (χ3n) is 7.09. The fourth-order valence-electron chi connectivity index (χ4n) is 5.19. The van der Waals surface area contributed by atoms with E-state index in [9.17, 15) is 0 Å². The van der Waals surface area contributed by atoms with Crippen LogP contribution in [0.4, 0.5) is 11.4 Å². The Kier molecular flexibility index (Phi) is 5.31. The Hall–Kier alpha value is -4.36. The molecule has 0 spiro atoms. The van der Waals surface area contributed by atoms with E-state index in [1.54, 1.807) is 0 Å². The molecule has 6 aromatic carbocycles. The lowest BCUT2D eigenvalue weighted by molar-refractivity contribution is 1.21. The van der Waals surface area contributed by atoms with Crippen LogP contribution in [-0.2, 0) is 0 Å². The predicted molar refractivity (Wildman–Crippen MR) is 152 cm³/mol. The fraction of sp³-hybridized carbons (Fsp3) is 0.0588. The van der Waals surface area contributed by atoms with Crippen LogP contribution in [0.15, 0.2) is 127 Å². The highest BCUT2D eigenvalue weighted by molar-refractivity contribution is 6.04. The molecule has 0 amide bonds. The van der Waals surface area contributed by atoms with E-state index in [-0.39, 0.29) is 0 Å². The van der Waals surface area contributed by atoms with Crippen molar-refractivity contribution in [1.29, 1.82) is 0 Å². The number of benzene rings is 6. The fourth-order valence-corrected chi connectivity index (χ4v) is 5.19. The number of anilines is 2. The van der Waals surface area contributed by atoms with Gasteiger partial charge < -0.3 is 4.90 Å². The first-order valence-electron chi connectivity index (χ1n) is 12.1. The molecule has 0 aromatic heterocycles. The minimum Gasteiger partial charge on any atom is -0.344 e. The van der Waals surface area contributed by atoms with Crippen molar-refractivity contribution in [3.63, 3.8) is 0 Å². The first-order valence-corrected chi connectivity index (χ1v) is 12.1. The van der Waals surface area contributed by atoms with Gasteiger partial charge in [0.25, 0.3) is 0 Å². The van der Waals surface area contributed by atoms with Gasteiger partial charge in [0.2, 0.25) is 0 Å². The zero-order valence-electron chi connectivity index (χ0n) is 20.1. The number of hydrogen-bond donors (Lipinski definition) is 0. The first-order chi connectivity index (χ1) is 17.2. The van der Waals surface area contributed by atoms with Crippen LogP contribution >= 0.6 is 0 Å². The number of aryl methyl sites for hydroxylation is 1. The van der Waals surface area contributed by atoms with E-state index in [2.05, 4.69) is 146 Å². The highest BCUT2D eigenvalue weighted by Gasteiger charge is 2.15. The summed E-state index contributed by atoms with van der Waals surface area (Å²) >= 11 is 0. The maximum Gasteiger partial charge on any atom is 0.0494 e. The van der Waals surface area contributed by atoms with Gasteiger partial charge in [-0.25, -0.2) is 0 Å². The summed E-state index contributed by atoms with van der Waals surface area (Å²) in [5.41, 5.74) is 8.71. The molecule has 1 nitrogen and oxygen atoms in total. The molecule has 0 aliphatic heterocycles. The quantitative estimate of drug-likeness (QED) is 0.259.